The van der Waals surface area contributed by atoms with Crippen LogP contribution in [0.1, 0.15) is 28.3 Å². The highest BCUT2D eigenvalue weighted by atomic mass is 79.9. The summed E-state index contributed by atoms with van der Waals surface area (Å²) in [6.45, 7) is 3.83. The van der Waals surface area contributed by atoms with Gasteiger partial charge in [-0.25, -0.2) is 4.39 Å². The van der Waals surface area contributed by atoms with E-state index in [1.54, 1.807) is 6.92 Å². The predicted molar refractivity (Wildman–Crippen MR) is 88.6 cm³/mol. The Morgan fingerprint density at radius 3 is 2.30 bits per heavy atom. The van der Waals surface area contributed by atoms with Crippen LogP contribution in [0.5, 0.6) is 0 Å². The van der Waals surface area contributed by atoms with Crippen molar-refractivity contribution in [2.75, 3.05) is 7.05 Å². The van der Waals surface area contributed by atoms with Gasteiger partial charge in [-0.15, -0.1) is 0 Å². The van der Waals surface area contributed by atoms with Crippen LogP contribution < -0.4 is 5.32 Å². The average Bonchev–Trinajstić information content (AvgIpc) is 2.40. The Balaban J connectivity index is 2.52. The lowest BCUT2D eigenvalue weighted by Crippen LogP contribution is -2.18. The molecule has 1 N–H and O–H groups in total. The lowest BCUT2D eigenvalue weighted by Gasteiger charge is -2.20. The zero-order valence-electron chi connectivity index (χ0n) is 11.6. The highest BCUT2D eigenvalue weighted by Crippen LogP contribution is 2.33. The molecule has 2 aromatic rings. The summed E-state index contributed by atoms with van der Waals surface area (Å²) in [5.74, 6) is -0.173. The number of aryl methyl sites for hydroxylation is 2. The van der Waals surface area contributed by atoms with Crippen LogP contribution in [-0.2, 0) is 0 Å². The Morgan fingerprint density at radius 1 is 1.00 bits per heavy atom. The average molecular weight is 401 g/mol. The molecule has 0 aliphatic rings. The first kappa shape index (κ1) is 15.7. The number of hydrogen-bond donors (Lipinski definition) is 1. The Hall–Kier alpha value is -0.710. The second kappa shape index (κ2) is 6.37. The van der Waals surface area contributed by atoms with Gasteiger partial charge in [0.25, 0.3) is 0 Å². The minimum Gasteiger partial charge on any atom is -0.309 e. The molecular weight excluding hydrogens is 385 g/mol. The van der Waals surface area contributed by atoms with Gasteiger partial charge in [-0.05, 0) is 61.3 Å². The lowest BCUT2D eigenvalue weighted by atomic mass is 9.96. The van der Waals surface area contributed by atoms with Crippen LogP contribution in [0.4, 0.5) is 4.39 Å². The number of benzene rings is 2. The van der Waals surface area contributed by atoms with Crippen LogP contribution in [0.15, 0.2) is 39.3 Å². The van der Waals surface area contributed by atoms with Gasteiger partial charge in [-0.3, -0.25) is 0 Å². The second-order valence-corrected chi connectivity index (χ2v) is 6.56. The monoisotopic (exact) mass is 399 g/mol. The van der Waals surface area contributed by atoms with E-state index >= 15 is 0 Å². The van der Waals surface area contributed by atoms with Crippen molar-refractivity contribution in [2.45, 2.75) is 19.9 Å². The van der Waals surface area contributed by atoms with E-state index in [9.17, 15) is 4.39 Å². The van der Waals surface area contributed by atoms with Crippen molar-refractivity contribution in [1.82, 2.24) is 5.32 Å². The first-order valence-corrected chi connectivity index (χ1v) is 7.91. The molecule has 1 unspecified atom stereocenters. The molecule has 0 aromatic heterocycles. The normalized spacial score (nSPS) is 12.5. The molecule has 0 fully saturated rings. The van der Waals surface area contributed by atoms with Gasteiger partial charge in [0.2, 0.25) is 0 Å². The van der Waals surface area contributed by atoms with Crippen molar-refractivity contribution in [3.63, 3.8) is 0 Å². The van der Waals surface area contributed by atoms with E-state index in [1.807, 2.05) is 19.2 Å². The molecule has 0 bridgehead atoms. The minimum absolute atomic E-state index is 0.0144. The van der Waals surface area contributed by atoms with E-state index in [0.29, 0.717) is 5.56 Å². The van der Waals surface area contributed by atoms with E-state index in [0.717, 1.165) is 20.1 Å². The lowest BCUT2D eigenvalue weighted by molar-refractivity contribution is 0.613. The van der Waals surface area contributed by atoms with Crippen LogP contribution in [0.2, 0.25) is 0 Å². The second-order valence-electron chi connectivity index (χ2n) is 4.85. The molecule has 0 radical (unpaired) electrons. The van der Waals surface area contributed by atoms with Crippen LogP contribution in [0, 0.1) is 19.7 Å². The molecule has 1 nitrogen and oxygen atoms in total. The molecule has 0 spiro atoms. The number of nitrogens with one attached hydrogen (secondary N) is 1. The highest BCUT2D eigenvalue weighted by Gasteiger charge is 2.17. The van der Waals surface area contributed by atoms with Gasteiger partial charge in [0.05, 0.1) is 6.04 Å². The third-order valence-electron chi connectivity index (χ3n) is 3.39. The summed E-state index contributed by atoms with van der Waals surface area (Å²) in [7, 11) is 1.91. The van der Waals surface area contributed by atoms with E-state index < -0.39 is 0 Å². The molecule has 0 saturated heterocycles. The molecule has 1 atom stereocenters. The fourth-order valence-electron chi connectivity index (χ4n) is 2.23. The topological polar surface area (TPSA) is 12.0 Å². The van der Waals surface area contributed by atoms with Crippen LogP contribution in [0.25, 0.3) is 0 Å². The highest BCUT2D eigenvalue weighted by molar-refractivity contribution is 9.11. The molecule has 0 amide bonds. The Kier molecular flexibility index (Phi) is 4.99. The van der Waals surface area contributed by atoms with Crippen molar-refractivity contribution in [3.8, 4) is 0 Å². The summed E-state index contributed by atoms with van der Waals surface area (Å²) in [4.78, 5) is 0. The summed E-state index contributed by atoms with van der Waals surface area (Å²) < 4.78 is 15.5. The van der Waals surface area contributed by atoms with E-state index in [2.05, 4.69) is 56.2 Å². The Labute approximate surface area is 135 Å². The molecular formula is C16H16Br2FN. The maximum atomic E-state index is 13.4. The predicted octanol–water partition coefficient (Wildman–Crippen LogP) is 5.28. The van der Waals surface area contributed by atoms with Crippen molar-refractivity contribution >= 4 is 31.9 Å². The van der Waals surface area contributed by atoms with Crippen molar-refractivity contribution in [1.29, 1.82) is 0 Å². The van der Waals surface area contributed by atoms with E-state index in [1.165, 1.54) is 11.6 Å². The third kappa shape index (κ3) is 3.13. The molecule has 0 saturated carbocycles. The quantitative estimate of drug-likeness (QED) is 0.739. The van der Waals surface area contributed by atoms with Crippen molar-refractivity contribution < 1.29 is 4.39 Å². The summed E-state index contributed by atoms with van der Waals surface area (Å²) in [6.07, 6.45) is 0. The fourth-order valence-corrected chi connectivity index (χ4v) is 3.28. The van der Waals surface area contributed by atoms with Gasteiger partial charge in [-0.2, -0.15) is 0 Å². The third-order valence-corrected chi connectivity index (χ3v) is 4.93. The number of halogens is 3. The van der Waals surface area contributed by atoms with Crippen LogP contribution >= 0.6 is 31.9 Å². The van der Waals surface area contributed by atoms with E-state index in [4.69, 9.17) is 0 Å². The molecule has 2 rings (SSSR count). The smallest absolute Gasteiger partial charge is 0.126 e. The maximum Gasteiger partial charge on any atom is 0.126 e. The fraction of sp³-hybridized carbons (Fsp3) is 0.250. The molecule has 0 aliphatic heterocycles. The summed E-state index contributed by atoms with van der Waals surface area (Å²) in [5.41, 5.74) is 4.00. The molecule has 4 heteroatoms. The van der Waals surface area contributed by atoms with Crippen LogP contribution in [-0.4, -0.2) is 7.05 Å². The first-order chi connectivity index (χ1) is 9.43. The SMILES string of the molecule is CNC(c1ccc(F)c(C)c1)c1cc(Br)c(C)cc1Br. The van der Waals surface area contributed by atoms with Gasteiger partial charge >= 0.3 is 0 Å². The molecule has 2 aromatic carbocycles. The largest absolute Gasteiger partial charge is 0.309 e. The standard InChI is InChI=1S/C16H16Br2FN/c1-9-7-14(18)12(8-13(9)17)16(20-3)11-4-5-15(19)10(2)6-11/h4-8,16,20H,1-3H3. The summed E-state index contributed by atoms with van der Waals surface area (Å²) in [5, 5.41) is 3.30. The van der Waals surface area contributed by atoms with Gasteiger partial charge in [0.1, 0.15) is 5.82 Å². The van der Waals surface area contributed by atoms with Crippen LogP contribution in [0.3, 0.4) is 0 Å². The Morgan fingerprint density at radius 2 is 1.70 bits per heavy atom. The first-order valence-electron chi connectivity index (χ1n) is 6.33. The molecule has 20 heavy (non-hydrogen) atoms. The van der Waals surface area contributed by atoms with Gasteiger partial charge in [-0.1, -0.05) is 44.0 Å². The number of hydrogen-bond acceptors (Lipinski definition) is 1. The molecule has 0 heterocycles. The molecule has 0 aliphatic carbocycles. The van der Waals surface area contributed by atoms with E-state index in [-0.39, 0.29) is 11.9 Å². The minimum atomic E-state index is -0.173. The molecule has 106 valence electrons. The number of rotatable bonds is 3. The maximum absolute atomic E-state index is 13.4. The zero-order valence-corrected chi connectivity index (χ0v) is 14.8. The van der Waals surface area contributed by atoms with Gasteiger partial charge in [0.15, 0.2) is 0 Å². The Bertz CT molecular complexity index is 641. The van der Waals surface area contributed by atoms with Gasteiger partial charge < -0.3 is 5.32 Å². The van der Waals surface area contributed by atoms with Crippen molar-refractivity contribution in [3.05, 3.63) is 67.3 Å². The van der Waals surface area contributed by atoms with Crippen molar-refractivity contribution in [2.24, 2.45) is 0 Å². The van der Waals surface area contributed by atoms with Gasteiger partial charge in [0, 0.05) is 8.95 Å². The summed E-state index contributed by atoms with van der Waals surface area (Å²) >= 11 is 7.19. The zero-order chi connectivity index (χ0) is 14.9. The summed E-state index contributed by atoms with van der Waals surface area (Å²) in [6, 6.07) is 9.42.